The smallest absolute Gasteiger partial charge is 0.269 e. The number of H-pyrrole nitrogens is 1. The van der Waals surface area contributed by atoms with Crippen molar-refractivity contribution in [2.45, 2.75) is 37.3 Å². The molecule has 1 unspecified atom stereocenters. The summed E-state index contributed by atoms with van der Waals surface area (Å²) in [5.41, 5.74) is 0.261. The Balaban J connectivity index is 1.73. The van der Waals surface area contributed by atoms with Crippen LogP contribution in [0.5, 0.6) is 0 Å². The van der Waals surface area contributed by atoms with E-state index in [2.05, 4.69) is 15.7 Å². The summed E-state index contributed by atoms with van der Waals surface area (Å²) in [6.45, 7) is 0.955. The fourth-order valence-corrected chi connectivity index (χ4v) is 3.00. The zero-order valence-electron chi connectivity index (χ0n) is 10.5. The van der Waals surface area contributed by atoms with Gasteiger partial charge < -0.3 is 10.6 Å². The molecule has 3 N–H and O–H groups in total. The fourth-order valence-electron chi connectivity index (χ4n) is 3.00. The van der Waals surface area contributed by atoms with Crippen LogP contribution in [0, 0.1) is 0 Å². The molecule has 1 aliphatic carbocycles. The second-order valence-electron chi connectivity index (χ2n) is 5.32. The van der Waals surface area contributed by atoms with Gasteiger partial charge >= 0.3 is 0 Å². The van der Waals surface area contributed by atoms with E-state index in [4.69, 9.17) is 0 Å². The minimum Gasteiger partial charge on any atom is -0.346 e. The Kier molecular flexibility index (Phi) is 2.55. The maximum atomic E-state index is 12.1. The van der Waals surface area contributed by atoms with Crippen LogP contribution >= 0.6 is 0 Å². The fraction of sp³-hybridized carbons (Fsp3) is 0.667. The molecule has 2 aliphatic rings. The SMILES string of the molecule is Cn1[nH]c(C(=O)NC2CCNC23CCC3)cc1=O. The number of aryl methyl sites for hydroxylation is 1. The van der Waals surface area contributed by atoms with Gasteiger partial charge in [0.15, 0.2) is 0 Å². The Morgan fingerprint density at radius 3 is 2.89 bits per heavy atom. The van der Waals surface area contributed by atoms with Crippen LogP contribution in [0.15, 0.2) is 10.9 Å². The second-order valence-corrected chi connectivity index (χ2v) is 5.32. The van der Waals surface area contributed by atoms with Crippen molar-refractivity contribution in [3.63, 3.8) is 0 Å². The maximum Gasteiger partial charge on any atom is 0.269 e. The highest BCUT2D eigenvalue weighted by Gasteiger charge is 2.47. The molecule has 0 bridgehead atoms. The number of nitrogens with one attached hydrogen (secondary N) is 3. The number of nitrogens with zero attached hydrogens (tertiary/aromatic N) is 1. The van der Waals surface area contributed by atoms with Crippen molar-refractivity contribution in [1.82, 2.24) is 20.4 Å². The van der Waals surface area contributed by atoms with Gasteiger partial charge in [-0.1, -0.05) is 0 Å². The first-order valence-electron chi connectivity index (χ1n) is 6.43. The van der Waals surface area contributed by atoms with Gasteiger partial charge in [0.25, 0.3) is 11.5 Å². The summed E-state index contributed by atoms with van der Waals surface area (Å²) in [4.78, 5) is 23.4. The molecule has 0 radical (unpaired) electrons. The lowest BCUT2D eigenvalue weighted by molar-refractivity contribution is 0.0876. The lowest BCUT2D eigenvalue weighted by Gasteiger charge is -2.43. The molecule has 1 aromatic heterocycles. The standard InChI is InChI=1S/C12H18N4O2/c1-16-10(17)7-8(15-16)11(18)14-9-3-6-13-12(9)4-2-5-12/h7,9,13,15H,2-6H2,1H3,(H,14,18). The molecule has 1 amide bonds. The van der Waals surface area contributed by atoms with Crippen LogP contribution in [0.1, 0.15) is 36.2 Å². The molecule has 98 valence electrons. The van der Waals surface area contributed by atoms with Crippen LogP contribution in [-0.4, -0.2) is 33.8 Å². The molecule has 0 aromatic carbocycles. The van der Waals surface area contributed by atoms with Gasteiger partial charge in [0.05, 0.1) is 0 Å². The summed E-state index contributed by atoms with van der Waals surface area (Å²) < 4.78 is 1.31. The van der Waals surface area contributed by atoms with Gasteiger partial charge in [-0.25, -0.2) is 0 Å². The van der Waals surface area contributed by atoms with Crippen molar-refractivity contribution in [1.29, 1.82) is 0 Å². The normalized spacial score (nSPS) is 25.1. The van der Waals surface area contributed by atoms with E-state index in [-0.39, 0.29) is 23.0 Å². The van der Waals surface area contributed by atoms with Crippen molar-refractivity contribution in [3.8, 4) is 0 Å². The number of rotatable bonds is 2. The zero-order chi connectivity index (χ0) is 12.8. The molecular weight excluding hydrogens is 232 g/mol. The van der Waals surface area contributed by atoms with Crippen LogP contribution in [-0.2, 0) is 7.05 Å². The molecular formula is C12H18N4O2. The van der Waals surface area contributed by atoms with Gasteiger partial charge in [-0.15, -0.1) is 0 Å². The van der Waals surface area contributed by atoms with Crippen LogP contribution < -0.4 is 16.2 Å². The Bertz CT molecular complexity index is 526. The first-order chi connectivity index (χ1) is 8.61. The second kappa shape index (κ2) is 3.98. The molecule has 3 rings (SSSR count). The highest BCUT2D eigenvalue weighted by atomic mass is 16.2. The van der Waals surface area contributed by atoms with E-state index in [9.17, 15) is 9.59 Å². The molecule has 1 aliphatic heterocycles. The van der Waals surface area contributed by atoms with Crippen LogP contribution in [0.25, 0.3) is 0 Å². The Labute approximate surface area is 105 Å². The van der Waals surface area contributed by atoms with Crippen molar-refractivity contribution in [2.75, 3.05) is 6.54 Å². The Hall–Kier alpha value is -1.56. The van der Waals surface area contributed by atoms with Crippen LogP contribution in [0.3, 0.4) is 0 Å². The molecule has 2 heterocycles. The van der Waals surface area contributed by atoms with E-state index in [0.717, 1.165) is 25.8 Å². The van der Waals surface area contributed by atoms with E-state index < -0.39 is 0 Å². The predicted molar refractivity (Wildman–Crippen MR) is 66.5 cm³/mol. The first-order valence-corrected chi connectivity index (χ1v) is 6.43. The number of hydrogen-bond donors (Lipinski definition) is 3. The number of hydrogen-bond acceptors (Lipinski definition) is 3. The number of carbonyl (C=O) groups is 1. The van der Waals surface area contributed by atoms with Crippen LogP contribution in [0.2, 0.25) is 0 Å². The summed E-state index contributed by atoms with van der Waals surface area (Å²) in [6.07, 6.45) is 4.44. The zero-order valence-corrected chi connectivity index (χ0v) is 10.5. The summed E-state index contributed by atoms with van der Waals surface area (Å²) in [7, 11) is 1.60. The topological polar surface area (TPSA) is 78.9 Å². The van der Waals surface area contributed by atoms with E-state index in [1.54, 1.807) is 7.05 Å². The van der Waals surface area contributed by atoms with Gasteiger partial charge in [0, 0.05) is 24.7 Å². The van der Waals surface area contributed by atoms with Gasteiger partial charge in [-0.3, -0.25) is 19.4 Å². The molecule has 2 fully saturated rings. The van der Waals surface area contributed by atoms with Crippen molar-refractivity contribution in [2.24, 2.45) is 7.05 Å². The number of amides is 1. The van der Waals surface area contributed by atoms with Crippen molar-refractivity contribution in [3.05, 3.63) is 22.1 Å². The third-order valence-corrected chi connectivity index (χ3v) is 4.26. The average Bonchev–Trinajstić information content (AvgIpc) is 2.83. The molecule has 1 atom stereocenters. The lowest BCUT2D eigenvalue weighted by Crippen LogP contribution is -2.59. The first kappa shape index (κ1) is 11.5. The Morgan fingerprint density at radius 1 is 1.56 bits per heavy atom. The Morgan fingerprint density at radius 2 is 2.33 bits per heavy atom. The van der Waals surface area contributed by atoms with Crippen molar-refractivity contribution >= 4 is 5.91 Å². The monoisotopic (exact) mass is 250 g/mol. The molecule has 6 nitrogen and oxygen atoms in total. The van der Waals surface area contributed by atoms with Gasteiger partial charge in [0.2, 0.25) is 0 Å². The summed E-state index contributed by atoms with van der Waals surface area (Å²) >= 11 is 0. The van der Waals surface area contributed by atoms with Crippen LogP contribution in [0.4, 0.5) is 0 Å². The highest BCUT2D eigenvalue weighted by molar-refractivity contribution is 5.92. The highest BCUT2D eigenvalue weighted by Crippen LogP contribution is 2.39. The molecule has 18 heavy (non-hydrogen) atoms. The number of carbonyl (C=O) groups excluding carboxylic acids is 1. The summed E-state index contributed by atoms with van der Waals surface area (Å²) in [6, 6.07) is 1.52. The molecule has 1 saturated carbocycles. The van der Waals surface area contributed by atoms with Gasteiger partial charge in [-0.2, -0.15) is 0 Å². The van der Waals surface area contributed by atoms with Gasteiger partial charge in [0.1, 0.15) is 5.69 Å². The minimum atomic E-state index is -0.192. The molecule has 1 aromatic rings. The maximum absolute atomic E-state index is 12.1. The molecule has 1 spiro atoms. The largest absolute Gasteiger partial charge is 0.346 e. The van der Waals surface area contributed by atoms with E-state index in [0.29, 0.717) is 5.69 Å². The van der Waals surface area contributed by atoms with E-state index in [1.807, 2.05) is 0 Å². The van der Waals surface area contributed by atoms with E-state index >= 15 is 0 Å². The lowest BCUT2D eigenvalue weighted by atomic mass is 9.73. The third-order valence-electron chi connectivity index (χ3n) is 4.26. The average molecular weight is 250 g/mol. The number of aromatic amines is 1. The summed E-state index contributed by atoms with van der Waals surface area (Å²) in [5.74, 6) is -0.187. The van der Waals surface area contributed by atoms with E-state index in [1.165, 1.54) is 17.2 Å². The third kappa shape index (κ3) is 1.68. The predicted octanol–water partition coefficient (Wildman–Crippen LogP) is -0.272. The molecule has 1 saturated heterocycles. The van der Waals surface area contributed by atoms with Crippen molar-refractivity contribution < 1.29 is 4.79 Å². The molecule has 6 heteroatoms. The quantitative estimate of drug-likeness (QED) is 0.676. The minimum absolute atomic E-state index is 0.116. The van der Waals surface area contributed by atoms with Gasteiger partial charge in [-0.05, 0) is 32.2 Å². The summed E-state index contributed by atoms with van der Waals surface area (Å²) in [5, 5.41) is 9.30. The number of aromatic nitrogens is 2.